The van der Waals surface area contributed by atoms with Crippen molar-refractivity contribution >= 4 is 12.7 Å². The Morgan fingerprint density at radius 2 is 1.56 bits per heavy atom. The first kappa shape index (κ1) is 19.4. The molecule has 2 aromatic rings. The molecule has 0 spiro atoms. The molecule has 3 atom stereocenters. The molecule has 0 saturated carbocycles. The maximum absolute atomic E-state index is 14.0. The summed E-state index contributed by atoms with van der Waals surface area (Å²) in [6, 6.07) is 15.1. The van der Waals surface area contributed by atoms with Crippen LogP contribution in [-0.4, -0.2) is 17.1 Å². The van der Waals surface area contributed by atoms with E-state index in [1.165, 1.54) is 6.92 Å². The molecule has 25 heavy (non-hydrogen) atoms. The molecule has 0 aliphatic rings. The van der Waals surface area contributed by atoms with Crippen LogP contribution in [0.2, 0.25) is 0 Å². The first-order valence-electron chi connectivity index (χ1n) is 8.29. The van der Waals surface area contributed by atoms with Crippen molar-refractivity contribution in [1.82, 2.24) is 0 Å². The third kappa shape index (κ3) is 4.36. The third-order valence-electron chi connectivity index (χ3n) is 4.06. The van der Waals surface area contributed by atoms with E-state index in [1.54, 1.807) is 50.2 Å². The monoisotopic (exact) mass is 361 g/mol. The lowest BCUT2D eigenvalue weighted by molar-refractivity contribution is -0.518. The van der Waals surface area contributed by atoms with E-state index in [0.29, 0.717) is 10.9 Å². The Kier molecular flexibility index (Phi) is 6.15. The van der Waals surface area contributed by atoms with Gasteiger partial charge in [-0.05, 0) is 38.5 Å². The van der Waals surface area contributed by atoms with E-state index in [-0.39, 0.29) is 11.0 Å². The predicted octanol–water partition coefficient (Wildman–Crippen LogP) is 4.73. The second-order valence-corrected chi connectivity index (χ2v) is 8.95. The molecule has 3 unspecified atom stereocenters. The molecule has 0 aromatic heterocycles. The fourth-order valence-corrected chi connectivity index (χ4v) is 5.90. The molecule has 0 radical (unpaired) electrons. The van der Waals surface area contributed by atoms with Crippen LogP contribution in [0.3, 0.4) is 0 Å². The second kappa shape index (κ2) is 7.94. The molecule has 2 aromatic carbocycles. The minimum atomic E-state index is -3.53. The van der Waals surface area contributed by atoms with Gasteiger partial charge >= 0.3 is 0 Å². The van der Waals surface area contributed by atoms with E-state index < -0.39 is 19.1 Å². The van der Waals surface area contributed by atoms with Crippen LogP contribution in [0.15, 0.2) is 54.6 Å². The molecule has 6 heteroatoms. The van der Waals surface area contributed by atoms with Gasteiger partial charge in [-0.1, -0.05) is 48.0 Å². The zero-order valence-corrected chi connectivity index (χ0v) is 15.9. The summed E-state index contributed by atoms with van der Waals surface area (Å²) in [5, 5.41) is 12.1. The number of aryl methyl sites for hydroxylation is 1. The van der Waals surface area contributed by atoms with Crippen molar-refractivity contribution in [3.8, 4) is 0 Å². The van der Waals surface area contributed by atoms with E-state index in [2.05, 4.69) is 0 Å². The van der Waals surface area contributed by atoms with E-state index in [1.807, 2.05) is 25.1 Å². The highest BCUT2D eigenvalue weighted by Crippen LogP contribution is 2.61. The van der Waals surface area contributed by atoms with Crippen LogP contribution in [0.1, 0.15) is 37.6 Å². The summed E-state index contributed by atoms with van der Waals surface area (Å²) in [6.07, 6.45) is -0.321. The first-order chi connectivity index (χ1) is 11.8. The van der Waals surface area contributed by atoms with Crippen LogP contribution in [-0.2, 0) is 9.09 Å². The molecule has 0 aliphatic carbocycles. The van der Waals surface area contributed by atoms with E-state index in [0.717, 1.165) is 5.56 Å². The molecule has 134 valence electrons. The van der Waals surface area contributed by atoms with Crippen molar-refractivity contribution in [2.45, 2.75) is 45.5 Å². The van der Waals surface area contributed by atoms with Gasteiger partial charge in [-0.2, -0.15) is 0 Å². The Bertz CT molecular complexity index is 759. The SMILES string of the molecule is Cc1ccc(C(C(C)[N+](=O)[O-])P(=O)(OC(C)C)c2ccccc2)cc1. The Morgan fingerprint density at radius 1 is 1.00 bits per heavy atom. The van der Waals surface area contributed by atoms with Crippen LogP contribution in [0, 0.1) is 17.0 Å². The van der Waals surface area contributed by atoms with Gasteiger partial charge in [0.2, 0.25) is 13.4 Å². The molecule has 0 bridgehead atoms. The van der Waals surface area contributed by atoms with Crippen molar-refractivity contribution in [1.29, 1.82) is 0 Å². The number of nitrogens with zero attached hydrogens (tertiary/aromatic N) is 1. The highest BCUT2D eigenvalue weighted by Gasteiger charge is 2.46. The van der Waals surface area contributed by atoms with E-state index in [4.69, 9.17) is 4.52 Å². The molecule has 0 heterocycles. The standard InChI is InChI=1S/C19H24NO4P/c1-14(2)24-25(23,18-8-6-5-7-9-18)19(16(4)20(21)22)17-12-10-15(3)11-13-17/h5-14,16,19H,1-4H3. The van der Waals surface area contributed by atoms with Crippen LogP contribution in [0.4, 0.5) is 0 Å². The van der Waals surface area contributed by atoms with Crippen molar-refractivity contribution in [3.63, 3.8) is 0 Å². The quantitative estimate of drug-likeness (QED) is 0.406. The zero-order chi connectivity index (χ0) is 18.6. The fraction of sp³-hybridized carbons (Fsp3) is 0.368. The maximum atomic E-state index is 14.0. The van der Waals surface area contributed by atoms with Crippen molar-refractivity contribution < 1.29 is 14.0 Å². The summed E-state index contributed by atoms with van der Waals surface area (Å²) in [5.74, 6) is 0. The fourth-order valence-electron chi connectivity index (χ4n) is 2.87. The Balaban J connectivity index is 2.67. The number of nitro groups is 1. The van der Waals surface area contributed by atoms with Gasteiger partial charge in [0.1, 0.15) is 5.66 Å². The van der Waals surface area contributed by atoms with Gasteiger partial charge in [0, 0.05) is 17.2 Å². The predicted molar refractivity (Wildman–Crippen MR) is 100 cm³/mol. The van der Waals surface area contributed by atoms with Gasteiger partial charge in [0.05, 0.1) is 6.10 Å². The van der Waals surface area contributed by atoms with Crippen LogP contribution >= 0.6 is 7.37 Å². The maximum Gasteiger partial charge on any atom is 0.246 e. The van der Waals surface area contributed by atoms with Gasteiger partial charge in [-0.15, -0.1) is 0 Å². The first-order valence-corrected chi connectivity index (χ1v) is 9.99. The van der Waals surface area contributed by atoms with Crippen LogP contribution < -0.4 is 5.30 Å². The summed E-state index contributed by atoms with van der Waals surface area (Å²) >= 11 is 0. The Hall–Kier alpha value is -1.97. The normalized spacial score (nSPS) is 16.2. The summed E-state index contributed by atoms with van der Waals surface area (Å²) in [5.41, 5.74) is 0.839. The lowest BCUT2D eigenvalue weighted by Gasteiger charge is -2.30. The number of benzene rings is 2. The Morgan fingerprint density at radius 3 is 2.04 bits per heavy atom. The second-order valence-electron chi connectivity index (χ2n) is 6.47. The number of rotatable bonds is 7. The summed E-state index contributed by atoms with van der Waals surface area (Å²) in [6.45, 7) is 7.01. The van der Waals surface area contributed by atoms with Crippen molar-refractivity contribution in [3.05, 3.63) is 75.8 Å². The lowest BCUT2D eigenvalue weighted by Crippen LogP contribution is -2.29. The van der Waals surface area contributed by atoms with Crippen LogP contribution in [0.25, 0.3) is 0 Å². The molecular weight excluding hydrogens is 337 g/mol. The summed E-state index contributed by atoms with van der Waals surface area (Å²) < 4.78 is 19.9. The summed E-state index contributed by atoms with van der Waals surface area (Å²) in [4.78, 5) is 11.2. The Labute approximate surface area is 148 Å². The average Bonchev–Trinajstić information content (AvgIpc) is 2.56. The molecule has 5 nitrogen and oxygen atoms in total. The molecule has 0 amide bonds. The molecule has 2 rings (SSSR count). The van der Waals surface area contributed by atoms with Crippen LogP contribution in [0.5, 0.6) is 0 Å². The average molecular weight is 361 g/mol. The van der Waals surface area contributed by atoms with Crippen molar-refractivity contribution in [2.75, 3.05) is 0 Å². The minimum Gasteiger partial charge on any atom is -0.322 e. The highest BCUT2D eigenvalue weighted by atomic mass is 31.2. The molecule has 0 N–H and O–H groups in total. The zero-order valence-electron chi connectivity index (χ0n) is 15.0. The molecule has 0 saturated heterocycles. The molecule has 0 fully saturated rings. The van der Waals surface area contributed by atoms with Gasteiger partial charge < -0.3 is 4.52 Å². The number of hydrogen-bond acceptors (Lipinski definition) is 4. The van der Waals surface area contributed by atoms with E-state index in [9.17, 15) is 14.7 Å². The van der Waals surface area contributed by atoms with Gasteiger partial charge in [0.15, 0.2) is 0 Å². The lowest BCUT2D eigenvalue weighted by atomic mass is 10.1. The smallest absolute Gasteiger partial charge is 0.246 e. The molecular formula is C19H24NO4P. The topological polar surface area (TPSA) is 69.4 Å². The van der Waals surface area contributed by atoms with Gasteiger partial charge in [-0.3, -0.25) is 14.7 Å². The highest BCUT2D eigenvalue weighted by molar-refractivity contribution is 7.67. The van der Waals surface area contributed by atoms with Gasteiger partial charge in [-0.25, -0.2) is 0 Å². The third-order valence-corrected chi connectivity index (χ3v) is 7.27. The van der Waals surface area contributed by atoms with Crippen molar-refractivity contribution in [2.24, 2.45) is 0 Å². The van der Waals surface area contributed by atoms with Gasteiger partial charge in [0.25, 0.3) is 0 Å². The number of hydrogen-bond donors (Lipinski definition) is 0. The summed E-state index contributed by atoms with van der Waals surface area (Å²) in [7, 11) is -3.53. The van der Waals surface area contributed by atoms with E-state index >= 15 is 0 Å². The molecule has 0 aliphatic heterocycles. The largest absolute Gasteiger partial charge is 0.322 e. The minimum absolute atomic E-state index is 0.321.